The van der Waals surface area contributed by atoms with Crippen molar-refractivity contribution in [2.45, 2.75) is 25.3 Å². The van der Waals surface area contributed by atoms with Crippen LogP contribution in [0.4, 0.5) is 0 Å². The number of hydrogen-bond donors (Lipinski definition) is 0. The van der Waals surface area contributed by atoms with Gasteiger partial charge in [-0.25, -0.2) is 0 Å². The van der Waals surface area contributed by atoms with E-state index in [2.05, 4.69) is 60.7 Å². The van der Waals surface area contributed by atoms with Gasteiger partial charge in [0.2, 0.25) is 5.91 Å². The molecule has 26 heavy (non-hydrogen) atoms. The Balaban J connectivity index is 1.45. The number of fused-ring (bicyclic) bond motifs is 1. The van der Waals surface area contributed by atoms with Crippen molar-refractivity contribution in [1.82, 2.24) is 4.90 Å². The first kappa shape index (κ1) is 16.6. The van der Waals surface area contributed by atoms with Crippen molar-refractivity contribution in [2.75, 3.05) is 7.05 Å². The molecule has 1 unspecified atom stereocenters. The smallest absolute Gasteiger partial charge is 0.227 e. The van der Waals surface area contributed by atoms with Crippen LogP contribution in [0.2, 0.25) is 0 Å². The Morgan fingerprint density at radius 1 is 0.885 bits per heavy atom. The van der Waals surface area contributed by atoms with Gasteiger partial charge in [0, 0.05) is 7.05 Å². The van der Waals surface area contributed by atoms with Gasteiger partial charge in [0.25, 0.3) is 0 Å². The lowest BCUT2D eigenvalue weighted by Crippen LogP contribution is -2.31. The van der Waals surface area contributed by atoms with E-state index in [9.17, 15) is 4.79 Å². The molecule has 0 saturated carbocycles. The maximum absolute atomic E-state index is 12.8. The molecule has 4 rings (SSSR count). The second-order valence-corrected chi connectivity index (χ2v) is 7.00. The zero-order valence-corrected chi connectivity index (χ0v) is 15.1. The molecule has 3 aromatic carbocycles. The van der Waals surface area contributed by atoms with Crippen molar-refractivity contribution in [3.05, 3.63) is 95.6 Å². The molecule has 1 aliphatic rings. The van der Waals surface area contributed by atoms with Crippen molar-refractivity contribution in [1.29, 1.82) is 0 Å². The summed E-state index contributed by atoms with van der Waals surface area (Å²) in [5, 5.41) is 0. The number of nitrogens with zero attached hydrogens (tertiary/aromatic N) is 1. The lowest BCUT2D eigenvalue weighted by atomic mass is 10.0. The predicted octanol–water partition coefficient (Wildman–Crippen LogP) is 5.04. The molecule has 0 aromatic heterocycles. The van der Waals surface area contributed by atoms with Crippen LogP contribution in [0.15, 0.2) is 78.9 Å². The first-order valence-corrected chi connectivity index (χ1v) is 9.20. The predicted molar refractivity (Wildman–Crippen MR) is 106 cm³/mol. The molecule has 1 atom stereocenters. The summed E-state index contributed by atoms with van der Waals surface area (Å²) in [6.45, 7) is 0. The Morgan fingerprint density at radius 2 is 1.54 bits per heavy atom. The minimum absolute atomic E-state index is 0.180. The summed E-state index contributed by atoms with van der Waals surface area (Å²) in [5.41, 5.74) is 6.13. The van der Waals surface area contributed by atoms with E-state index in [0.29, 0.717) is 6.42 Å². The summed E-state index contributed by atoms with van der Waals surface area (Å²) >= 11 is 0. The van der Waals surface area contributed by atoms with E-state index >= 15 is 0 Å². The first-order valence-electron chi connectivity index (χ1n) is 9.20. The topological polar surface area (TPSA) is 20.3 Å². The average molecular weight is 341 g/mol. The Morgan fingerprint density at radius 3 is 2.31 bits per heavy atom. The molecule has 0 N–H and O–H groups in total. The molecule has 0 heterocycles. The Bertz CT molecular complexity index is 899. The number of likely N-dealkylation sites (N-methyl/N-ethyl adjacent to an activating group) is 1. The second-order valence-electron chi connectivity index (χ2n) is 7.00. The summed E-state index contributed by atoms with van der Waals surface area (Å²) < 4.78 is 0. The van der Waals surface area contributed by atoms with E-state index in [4.69, 9.17) is 0 Å². The summed E-state index contributed by atoms with van der Waals surface area (Å²) in [6, 6.07) is 27.3. The van der Waals surface area contributed by atoms with Crippen LogP contribution >= 0.6 is 0 Å². The number of carbonyl (C=O) groups excluding carboxylic acids is 1. The third kappa shape index (κ3) is 3.28. The maximum atomic E-state index is 12.8. The highest BCUT2D eigenvalue weighted by Gasteiger charge is 2.28. The summed E-state index contributed by atoms with van der Waals surface area (Å²) in [5.74, 6) is 0.180. The third-order valence-electron chi connectivity index (χ3n) is 5.38. The quantitative estimate of drug-likeness (QED) is 0.651. The highest BCUT2D eigenvalue weighted by atomic mass is 16.2. The van der Waals surface area contributed by atoms with Crippen LogP contribution < -0.4 is 0 Å². The second kappa shape index (κ2) is 7.17. The van der Waals surface area contributed by atoms with Gasteiger partial charge in [-0.15, -0.1) is 0 Å². The largest absolute Gasteiger partial charge is 0.338 e. The van der Waals surface area contributed by atoms with Crippen LogP contribution in [0.3, 0.4) is 0 Å². The highest BCUT2D eigenvalue weighted by Crippen LogP contribution is 2.35. The third-order valence-corrected chi connectivity index (χ3v) is 5.38. The monoisotopic (exact) mass is 341 g/mol. The van der Waals surface area contributed by atoms with Crippen LogP contribution in [0.5, 0.6) is 0 Å². The number of amides is 1. The van der Waals surface area contributed by atoms with E-state index in [1.807, 2.05) is 30.1 Å². The number of hydrogen-bond acceptors (Lipinski definition) is 1. The van der Waals surface area contributed by atoms with Crippen LogP contribution in [0, 0.1) is 0 Å². The van der Waals surface area contributed by atoms with Gasteiger partial charge in [-0.3, -0.25) is 4.79 Å². The lowest BCUT2D eigenvalue weighted by Gasteiger charge is -2.25. The van der Waals surface area contributed by atoms with E-state index in [1.165, 1.54) is 22.3 Å². The Labute approximate surface area is 155 Å². The number of rotatable bonds is 4. The number of aryl methyl sites for hydroxylation is 1. The van der Waals surface area contributed by atoms with E-state index in [0.717, 1.165) is 18.4 Å². The first-order chi connectivity index (χ1) is 12.7. The molecule has 0 radical (unpaired) electrons. The molecular weight excluding hydrogens is 318 g/mol. The summed E-state index contributed by atoms with van der Waals surface area (Å²) in [7, 11) is 1.94. The van der Waals surface area contributed by atoms with Gasteiger partial charge in [0.15, 0.2) is 0 Å². The molecule has 1 aliphatic carbocycles. The normalized spacial score (nSPS) is 15.5. The molecule has 0 fully saturated rings. The van der Waals surface area contributed by atoms with Gasteiger partial charge >= 0.3 is 0 Å². The minimum atomic E-state index is 0.180. The number of benzene rings is 3. The standard InChI is InChI=1S/C24H23NO/c1-25(23-16-15-21-9-5-6-10-22(21)23)24(26)17-18-11-13-20(14-12-18)19-7-3-2-4-8-19/h2-14,23H,15-17H2,1H3. The molecule has 0 aliphatic heterocycles. The SMILES string of the molecule is CN(C(=O)Cc1ccc(-c2ccccc2)cc1)C1CCc2ccccc21. The molecule has 0 spiro atoms. The van der Waals surface area contributed by atoms with Crippen molar-refractivity contribution in [3.63, 3.8) is 0 Å². The van der Waals surface area contributed by atoms with Crippen molar-refractivity contribution >= 4 is 5.91 Å². The molecule has 130 valence electrons. The van der Waals surface area contributed by atoms with Crippen molar-refractivity contribution in [3.8, 4) is 11.1 Å². The van der Waals surface area contributed by atoms with Gasteiger partial charge in [0.1, 0.15) is 0 Å². The molecule has 1 amide bonds. The molecule has 2 nitrogen and oxygen atoms in total. The van der Waals surface area contributed by atoms with E-state index in [-0.39, 0.29) is 11.9 Å². The number of carbonyl (C=O) groups is 1. The van der Waals surface area contributed by atoms with Crippen LogP contribution in [0.1, 0.15) is 29.2 Å². The fourth-order valence-electron chi connectivity index (χ4n) is 3.86. The average Bonchev–Trinajstić information content (AvgIpc) is 3.13. The highest BCUT2D eigenvalue weighted by molar-refractivity contribution is 5.79. The van der Waals surface area contributed by atoms with Crippen LogP contribution in [0.25, 0.3) is 11.1 Å². The summed E-state index contributed by atoms with van der Waals surface area (Å²) in [6.07, 6.45) is 2.53. The molecule has 0 bridgehead atoms. The van der Waals surface area contributed by atoms with Crippen molar-refractivity contribution in [2.24, 2.45) is 0 Å². The van der Waals surface area contributed by atoms with Crippen LogP contribution in [-0.2, 0) is 17.6 Å². The molecule has 0 saturated heterocycles. The zero-order chi connectivity index (χ0) is 17.9. The molecule has 2 heteroatoms. The van der Waals surface area contributed by atoms with E-state index < -0.39 is 0 Å². The summed E-state index contributed by atoms with van der Waals surface area (Å²) in [4.78, 5) is 14.7. The van der Waals surface area contributed by atoms with Gasteiger partial charge < -0.3 is 4.90 Å². The molecular formula is C24H23NO. The fourth-order valence-corrected chi connectivity index (χ4v) is 3.86. The fraction of sp³-hybridized carbons (Fsp3) is 0.208. The Hall–Kier alpha value is -2.87. The molecule has 3 aromatic rings. The van der Waals surface area contributed by atoms with Crippen molar-refractivity contribution < 1.29 is 4.79 Å². The lowest BCUT2D eigenvalue weighted by molar-refractivity contribution is -0.131. The van der Waals surface area contributed by atoms with Gasteiger partial charge in [-0.05, 0) is 40.7 Å². The minimum Gasteiger partial charge on any atom is -0.338 e. The van der Waals surface area contributed by atoms with Gasteiger partial charge in [0.05, 0.1) is 12.5 Å². The zero-order valence-electron chi connectivity index (χ0n) is 15.1. The van der Waals surface area contributed by atoms with E-state index in [1.54, 1.807) is 0 Å². The van der Waals surface area contributed by atoms with Gasteiger partial charge in [-0.1, -0.05) is 78.9 Å². The van der Waals surface area contributed by atoms with Crippen LogP contribution in [-0.4, -0.2) is 17.9 Å². The van der Waals surface area contributed by atoms with Gasteiger partial charge in [-0.2, -0.15) is 0 Å². The maximum Gasteiger partial charge on any atom is 0.227 e. The Kier molecular flexibility index (Phi) is 4.57.